The Balaban J connectivity index is 2.30. The van der Waals surface area contributed by atoms with Gasteiger partial charge in [0.05, 0.1) is 18.6 Å². The molecule has 1 aliphatic carbocycles. The molecule has 1 atom stereocenters. The molecule has 1 N–H and O–H groups in total. The molecule has 0 aromatic heterocycles. The summed E-state index contributed by atoms with van der Waals surface area (Å²) in [6, 6.07) is 4.82. The van der Waals surface area contributed by atoms with Crippen LogP contribution in [0.1, 0.15) is 37.8 Å². The number of benzene rings is 1. The molecule has 1 aliphatic rings. The maximum Gasteiger partial charge on any atom is 0.308 e. The Morgan fingerprint density at radius 3 is 2.95 bits per heavy atom. The average Bonchev–Trinajstić information content (AvgIpc) is 2.68. The topological polar surface area (TPSA) is 38.3 Å². The summed E-state index contributed by atoms with van der Waals surface area (Å²) in [5.74, 6) is -0.428. The van der Waals surface area contributed by atoms with Crippen LogP contribution in [0.2, 0.25) is 0 Å². The summed E-state index contributed by atoms with van der Waals surface area (Å²) in [4.78, 5) is 11.8. The number of carbonyl (C=O) groups is 1. The highest BCUT2D eigenvalue weighted by Gasteiger charge is 2.40. The lowest BCUT2D eigenvalue weighted by Crippen LogP contribution is -2.42. The molecule has 3 nitrogen and oxygen atoms in total. The smallest absolute Gasteiger partial charge is 0.308 e. The summed E-state index contributed by atoms with van der Waals surface area (Å²) in [5.41, 5.74) is 1.62. The number of esters is 1. The van der Waals surface area contributed by atoms with E-state index in [2.05, 4.69) is 5.32 Å². The summed E-state index contributed by atoms with van der Waals surface area (Å²) < 4.78 is 18.3. The second-order valence-corrected chi connectivity index (χ2v) is 4.90. The second-order valence-electron chi connectivity index (χ2n) is 4.90. The van der Waals surface area contributed by atoms with E-state index in [0.29, 0.717) is 13.0 Å². The third kappa shape index (κ3) is 2.78. The first-order valence-electron chi connectivity index (χ1n) is 6.81. The molecule has 0 aliphatic heterocycles. The van der Waals surface area contributed by atoms with Gasteiger partial charge in [0.25, 0.3) is 0 Å². The fraction of sp³-hybridized carbons (Fsp3) is 0.533. The lowest BCUT2D eigenvalue weighted by Gasteiger charge is -2.30. The molecule has 0 fully saturated rings. The zero-order valence-electron chi connectivity index (χ0n) is 11.5. The highest BCUT2D eigenvalue weighted by molar-refractivity contribution is 5.72. The van der Waals surface area contributed by atoms with Crippen LogP contribution in [0.15, 0.2) is 18.2 Å². The number of ether oxygens (including phenoxy) is 1. The van der Waals surface area contributed by atoms with Gasteiger partial charge in [-0.05, 0) is 49.6 Å². The molecule has 0 radical (unpaired) electrons. The van der Waals surface area contributed by atoms with Gasteiger partial charge in [0.2, 0.25) is 0 Å². The van der Waals surface area contributed by atoms with Crippen LogP contribution < -0.4 is 5.32 Å². The summed E-state index contributed by atoms with van der Waals surface area (Å²) in [6.45, 7) is 4.96. The van der Waals surface area contributed by atoms with E-state index in [-0.39, 0.29) is 11.8 Å². The second kappa shape index (κ2) is 5.70. The van der Waals surface area contributed by atoms with Crippen LogP contribution in [-0.4, -0.2) is 19.1 Å². The fourth-order valence-electron chi connectivity index (χ4n) is 2.95. The van der Waals surface area contributed by atoms with Crippen molar-refractivity contribution in [1.29, 1.82) is 0 Å². The van der Waals surface area contributed by atoms with Crippen LogP contribution in [0.25, 0.3) is 0 Å². The highest BCUT2D eigenvalue weighted by Crippen LogP contribution is 2.40. The summed E-state index contributed by atoms with van der Waals surface area (Å²) in [6.07, 6.45) is 1.89. The van der Waals surface area contributed by atoms with Crippen LogP contribution in [0.4, 0.5) is 4.39 Å². The molecule has 19 heavy (non-hydrogen) atoms. The van der Waals surface area contributed by atoms with Crippen LogP contribution in [0, 0.1) is 5.82 Å². The molecular formula is C15H20FNO2. The van der Waals surface area contributed by atoms with Crippen molar-refractivity contribution in [2.75, 3.05) is 13.2 Å². The first-order valence-corrected chi connectivity index (χ1v) is 6.81. The van der Waals surface area contributed by atoms with Gasteiger partial charge in [0.1, 0.15) is 5.82 Å². The quantitative estimate of drug-likeness (QED) is 0.831. The number of rotatable bonds is 5. The van der Waals surface area contributed by atoms with Crippen molar-refractivity contribution in [3.63, 3.8) is 0 Å². The first kappa shape index (κ1) is 14.0. The maximum absolute atomic E-state index is 13.3. The van der Waals surface area contributed by atoms with Crippen molar-refractivity contribution in [3.8, 4) is 0 Å². The molecule has 0 amide bonds. The Kier molecular flexibility index (Phi) is 4.20. The van der Waals surface area contributed by atoms with E-state index < -0.39 is 5.54 Å². The van der Waals surface area contributed by atoms with Gasteiger partial charge in [-0.15, -0.1) is 0 Å². The molecule has 0 spiro atoms. The highest BCUT2D eigenvalue weighted by atomic mass is 19.1. The maximum atomic E-state index is 13.3. The van der Waals surface area contributed by atoms with Gasteiger partial charge < -0.3 is 10.1 Å². The number of nitrogens with one attached hydrogen (secondary N) is 1. The Morgan fingerprint density at radius 1 is 1.47 bits per heavy atom. The van der Waals surface area contributed by atoms with Crippen molar-refractivity contribution in [3.05, 3.63) is 35.1 Å². The van der Waals surface area contributed by atoms with Crippen LogP contribution >= 0.6 is 0 Å². The number of hydrogen-bond donors (Lipinski definition) is 1. The fourth-order valence-corrected chi connectivity index (χ4v) is 2.95. The van der Waals surface area contributed by atoms with Gasteiger partial charge in [-0.25, -0.2) is 4.39 Å². The minimum atomic E-state index is -0.399. The largest absolute Gasteiger partial charge is 0.466 e. The van der Waals surface area contributed by atoms with Gasteiger partial charge in [-0.1, -0.05) is 13.0 Å². The van der Waals surface area contributed by atoms with Crippen LogP contribution in [0.5, 0.6) is 0 Å². The number of carbonyl (C=O) groups excluding carboxylic acids is 1. The van der Waals surface area contributed by atoms with Crippen molar-refractivity contribution in [1.82, 2.24) is 5.32 Å². The van der Waals surface area contributed by atoms with Crippen molar-refractivity contribution < 1.29 is 13.9 Å². The zero-order chi connectivity index (χ0) is 13.9. The average molecular weight is 265 g/mol. The van der Waals surface area contributed by atoms with E-state index in [1.807, 2.05) is 6.92 Å². The van der Waals surface area contributed by atoms with Gasteiger partial charge in [0, 0.05) is 0 Å². The third-order valence-corrected chi connectivity index (χ3v) is 3.67. The molecule has 1 aromatic rings. The van der Waals surface area contributed by atoms with Gasteiger partial charge in [-0.3, -0.25) is 4.79 Å². The molecule has 4 heteroatoms. The van der Waals surface area contributed by atoms with E-state index in [0.717, 1.165) is 30.5 Å². The van der Waals surface area contributed by atoms with Gasteiger partial charge >= 0.3 is 5.97 Å². The van der Waals surface area contributed by atoms with Gasteiger partial charge in [-0.2, -0.15) is 0 Å². The molecule has 0 saturated heterocycles. The number of hydrogen-bond acceptors (Lipinski definition) is 3. The molecule has 1 aromatic carbocycles. The number of fused-ring (bicyclic) bond motifs is 1. The normalized spacial score (nSPS) is 21.2. The Bertz CT molecular complexity index is 475. The summed E-state index contributed by atoms with van der Waals surface area (Å²) in [5, 5.41) is 3.40. The summed E-state index contributed by atoms with van der Waals surface area (Å²) >= 11 is 0. The lowest BCUT2D eigenvalue weighted by atomic mass is 9.88. The van der Waals surface area contributed by atoms with E-state index in [1.165, 1.54) is 6.07 Å². The zero-order valence-corrected chi connectivity index (χ0v) is 11.5. The third-order valence-electron chi connectivity index (χ3n) is 3.67. The first-order chi connectivity index (χ1) is 9.11. The molecule has 0 heterocycles. The Hall–Kier alpha value is -1.42. The van der Waals surface area contributed by atoms with E-state index in [4.69, 9.17) is 4.74 Å². The van der Waals surface area contributed by atoms with E-state index in [1.54, 1.807) is 19.1 Å². The number of halogens is 1. The Morgan fingerprint density at radius 2 is 2.26 bits per heavy atom. The van der Waals surface area contributed by atoms with Crippen molar-refractivity contribution in [2.24, 2.45) is 0 Å². The minimum Gasteiger partial charge on any atom is -0.466 e. The van der Waals surface area contributed by atoms with Gasteiger partial charge in [0.15, 0.2) is 0 Å². The molecule has 1 unspecified atom stereocenters. The molecule has 2 rings (SSSR count). The van der Waals surface area contributed by atoms with Crippen LogP contribution in [-0.2, 0) is 21.5 Å². The molecule has 0 bridgehead atoms. The van der Waals surface area contributed by atoms with Crippen molar-refractivity contribution >= 4 is 5.97 Å². The monoisotopic (exact) mass is 265 g/mol. The predicted octanol–water partition coefficient (Wildman–Crippen LogP) is 2.53. The predicted molar refractivity (Wildman–Crippen MR) is 71.3 cm³/mol. The lowest BCUT2D eigenvalue weighted by molar-refractivity contribution is -0.145. The molecule has 0 saturated carbocycles. The van der Waals surface area contributed by atoms with Crippen LogP contribution in [0.3, 0.4) is 0 Å². The van der Waals surface area contributed by atoms with Crippen molar-refractivity contribution in [2.45, 2.75) is 38.6 Å². The summed E-state index contributed by atoms with van der Waals surface area (Å²) in [7, 11) is 0. The molecule has 104 valence electrons. The Labute approximate surface area is 113 Å². The van der Waals surface area contributed by atoms with E-state index in [9.17, 15) is 9.18 Å². The minimum absolute atomic E-state index is 0.208. The standard InChI is InChI=1S/C15H20FNO2/c1-3-17-15(10-14(18)19-4-2)8-7-11-9-12(16)5-6-13(11)15/h5-6,9,17H,3-4,7-8,10H2,1-2H3. The molecular weight excluding hydrogens is 245 g/mol. The number of aryl methyl sites for hydroxylation is 1. The SMILES string of the molecule is CCNC1(CC(=O)OCC)CCc2cc(F)ccc21. The van der Waals surface area contributed by atoms with E-state index >= 15 is 0 Å².